The Balaban J connectivity index is 2.03. The summed E-state index contributed by atoms with van der Waals surface area (Å²) in [7, 11) is 0. The van der Waals surface area contributed by atoms with Crippen molar-refractivity contribution in [3.63, 3.8) is 0 Å². The predicted octanol–water partition coefficient (Wildman–Crippen LogP) is 3.30. The molecule has 0 saturated carbocycles. The van der Waals surface area contributed by atoms with Crippen LogP contribution >= 0.6 is 11.6 Å². The van der Waals surface area contributed by atoms with E-state index >= 15 is 0 Å². The van der Waals surface area contributed by atoms with Crippen LogP contribution in [0.15, 0.2) is 24.3 Å². The number of benzene rings is 1. The Bertz CT molecular complexity index is 578. The third-order valence-electron chi connectivity index (χ3n) is 4.23. The number of hydrogen-bond donors (Lipinski definition) is 2. The number of rotatable bonds is 4. The minimum atomic E-state index is -0.857. The van der Waals surface area contributed by atoms with E-state index in [1.807, 2.05) is 25.1 Å². The summed E-state index contributed by atoms with van der Waals surface area (Å²) in [6.07, 6.45) is 1.21. The molecule has 2 amide bonds. The number of aliphatic carboxylic acids is 1. The quantitative estimate of drug-likeness (QED) is 0.892. The first kappa shape index (κ1) is 16.6. The first-order chi connectivity index (χ1) is 10.4. The molecule has 2 rings (SSSR count). The molecule has 22 heavy (non-hydrogen) atoms. The van der Waals surface area contributed by atoms with Crippen molar-refractivity contribution in [2.45, 2.75) is 32.7 Å². The van der Waals surface area contributed by atoms with Crippen LogP contribution in [0.25, 0.3) is 0 Å². The van der Waals surface area contributed by atoms with Crippen LogP contribution in [0.3, 0.4) is 0 Å². The number of carbonyl (C=O) groups excluding carboxylic acids is 1. The number of amides is 2. The zero-order chi connectivity index (χ0) is 16.3. The van der Waals surface area contributed by atoms with Crippen molar-refractivity contribution >= 4 is 23.6 Å². The van der Waals surface area contributed by atoms with Gasteiger partial charge in [-0.05, 0) is 37.5 Å². The number of urea groups is 1. The molecule has 6 heteroatoms. The lowest BCUT2D eigenvalue weighted by Crippen LogP contribution is -2.42. The van der Waals surface area contributed by atoms with Gasteiger partial charge in [0.15, 0.2) is 0 Å². The van der Waals surface area contributed by atoms with E-state index in [2.05, 4.69) is 5.32 Å². The first-order valence-corrected chi connectivity index (χ1v) is 7.78. The first-order valence-electron chi connectivity index (χ1n) is 7.40. The maximum atomic E-state index is 12.4. The van der Waals surface area contributed by atoms with Gasteiger partial charge in [-0.2, -0.15) is 0 Å². The molecule has 1 fully saturated rings. The largest absolute Gasteiger partial charge is 0.481 e. The number of halogens is 1. The highest BCUT2D eigenvalue weighted by atomic mass is 35.5. The van der Waals surface area contributed by atoms with E-state index in [4.69, 9.17) is 11.6 Å². The van der Waals surface area contributed by atoms with Gasteiger partial charge >= 0.3 is 12.0 Å². The normalized spacial score (nSPS) is 22.4. The van der Waals surface area contributed by atoms with Crippen LogP contribution < -0.4 is 5.32 Å². The van der Waals surface area contributed by atoms with Gasteiger partial charge in [0.1, 0.15) is 0 Å². The summed E-state index contributed by atoms with van der Waals surface area (Å²) < 4.78 is 0. The fraction of sp³-hybridized carbons (Fsp3) is 0.500. The Morgan fingerprint density at radius 1 is 1.50 bits per heavy atom. The molecule has 5 nitrogen and oxygen atoms in total. The van der Waals surface area contributed by atoms with Gasteiger partial charge in [-0.25, -0.2) is 4.79 Å². The standard InChI is InChI=1S/C16H21ClN2O3/c1-3-13(11-5-4-6-12(17)9-11)18-15(22)19-8-7-16(2,10-19)14(20)21/h4-6,9,13H,3,7-8,10H2,1-2H3,(H,18,22)(H,20,21). The second-order valence-electron chi connectivity index (χ2n) is 6.00. The number of carbonyl (C=O) groups is 2. The van der Waals surface area contributed by atoms with Crippen molar-refractivity contribution in [2.24, 2.45) is 5.41 Å². The van der Waals surface area contributed by atoms with Gasteiger partial charge in [0, 0.05) is 18.1 Å². The maximum Gasteiger partial charge on any atom is 0.317 e. The zero-order valence-electron chi connectivity index (χ0n) is 12.8. The van der Waals surface area contributed by atoms with Crippen LogP contribution in [0.2, 0.25) is 5.02 Å². The summed E-state index contributed by atoms with van der Waals surface area (Å²) in [6.45, 7) is 4.36. The van der Waals surface area contributed by atoms with E-state index in [1.165, 1.54) is 0 Å². The fourth-order valence-corrected chi connectivity index (χ4v) is 2.89. The molecule has 1 aromatic carbocycles. The minimum Gasteiger partial charge on any atom is -0.481 e. The summed E-state index contributed by atoms with van der Waals surface area (Å²) in [5.74, 6) is -0.857. The molecule has 0 radical (unpaired) electrons. The van der Waals surface area contributed by atoms with Gasteiger partial charge in [0.05, 0.1) is 11.5 Å². The Hall–Kier alpha value is -1.75. The predicted molar refractivity (Wildman–Crippen MR) is 84.9 cm³/mol. The molecule has 0 aromatic heterocycles. The van der Waals surface area contributed by atoms with Gasteiger partial charge < -0.3 is 15.3 Å². The highest BCUT2D eigenvalue weighted by Gasteiger charge is 2.42. The average molecular weight is 325 g/mol. The SMILES string of the molecule is CCC(NC(=O)N1CCC(C)(C(=O)O)C1)c1cccc(Cl)c1. The van der Waals surface area contributed by atoms with Crippen molar-refractivity contribution in [1.82, 2.24) is 10.2 Å². The Kier molecular flexibility index (Phi) is 4.96. The van der Waals surface area contributed by atoms with E-state index in [0.717, 1.165) is 12.0 Å². The second-order valence-corrected chi connectivity index (χ2v) is 6.44. The molecule has 120 valence electrons. The van der Waals surface area contributed by atoms with Crippen molar-refractivity contribution in [3.05, 3.63) is 34.9 Å². The molecule has 1 aliphatic heterocycles. The number of carboxylic acids is 1. The van der Waals surface area contributed by atoms with Crippen LogP contribution in [-0.4, -0.2) is 35.1 Å². The molecule has 0 bridgehead atoms. The molecule has 1 aliphatic rings. The lowest BCUT2D eigenvalue weighted by Gasteiger charge is -2.24. The Morgan fingerprint density at radius 2 is 2.23 bits per heavy atom. The summed E-state index contributed by atoms with van der Waals surface area (Å²) >= 11 is 5.99. The smallest absolute Gasteiger partial charge is 0.317 e. The van der Waals surface area contributed by atoms with E-state index in [1.54, 1.807) is 17.9 Å². The number of nitrogens with zero attached hydrogens (tertiary/aromatic N) is 1. The zero-order valence-corrected chi connectivity index (χ0v) is 13.6. The lowest BCUT2D eigenvalue weighted by atomic mass is 9.90. The molecule has 0 spiro atoms. The van der Waals surface area contributed by atoms with Gasteiger partial charge in [-0.1, -0.05) is 30.7 Å². The van der Waals surface area contributed by atoms with Crippen LogP contribution in [0, 0.1) is 5.41 Å². The van der Waals surface area contributed by atoms with Gasteiger partial charge in [0.2, 0.25) is 0 Å². The second kappa shape index (κ2) is 6.57. The molecule has 2 atom stereocenters. The number of carboxylic acid groups (broad SMARTS) is 1. The third-order valence-corrected chi connectivity index (χ3v) is 4.47. The van der Waals surface area contributed by atoms with E-state index < -0.39 is 11.4 Å². The fourth-order valence-electron chi connectivity index (χ4n) is 2.69. The summed E-state index contributed by atoms with van der Waals surface area (Å²) in [4.78, 5) is 25.2. The van der Waals surface area contributed by atoms with Crippen LogP contribution in [-0.2, 0) is 4.79 Å². The maximum absolute atomic E-state index is 12.4. The van der Waals surface area contributed by atoms with Crippen LogP contribution in [0.1, 0.15) is 38.3 Å². The van der Waals surface area contributed by atoms with Crippen LogP contribution in [0.4, 0.5) is 4.79 Å². The van der Waals surface area contributed by atoms with Crippen molar-refractivity contribution in [2.75, 3.05) is 13.1 Å². The topological polar surface area (TPSA) is 69.6 Å². The summed E-state index contributed by atoms with van der Waals surface area (Å²) in [5.41, 5.74) is 0.0956. The van der Waals surface area contributed by atoms with E-state index in [9.17, 15) is 14.7 Å². The Morgan fingerprint density at radius 3 is 2.77 bits per heavy atom. The van der Waals surface area contributed by atoms with Crippen molar-refractivity contribution in [1.29, 1.82) is 0 Å². The molecule has 1 saturated heterocycles. The molecular formula is C16H21ClN2O3. The molecule has 2 N–H and O–H groups in total. The molecule has 2 unspecified atom stereocenters. The molecule has 1 aromatic rings. The summed E-state index contributed by atoms with van der Waals surface area (Å²) in [6, 6.07) is 7.04. The van der Waals surface area contributed by atoms with Gasteiger partial charge in [-0.15, -0.1) is 0 Å². The Labute approximate surface area is 135 Å². The highest BCUT2D eigenvalue weighted by molar-refractivity contribution is 6.30. The monoisotopic (exact) mass is 324 g/mol. The van der Waals surface area contributed by atoms with Crippen molar-refractivity contribution in [3.8, 4) is 0 Å². The van der Waals surface area contributed by atoms with Crippen LogP contribution in [0.5, 0.6) is 0 Å². The lowest BCUT2D eigenvalue weighted by molar-refractivity contribution is -0.147. The average Bonchev–Trinajstić information content (AvgIpc) is 2.88. The highest BCUT2D eigenvalue weighted by Crippen LogP contribution is 2.30. The van der Waals surface area contributed by atoms with Crippen molar-refractivity contribution < 1.29 is 14.7 Å². The number of hydrogen-bond acceptors (Lipinski definition) is 2. The minimum absolute atomic E-state index is 0.136. The van der Waals surface area contributed by atoms with Gasteiger partial charge in [0.25, 0.3) is 0 Å². The molecular weight excluding hydrogens is 304 g/mol. The number of likely N-dealkylation sites (tertiary alicyclic amines) is 1. The van der Waals surface area contributed by atoms with E-state index in [0.29, 0.717) is 18.0 Å². The number of nitrogens with one attached hydrogen (secondary N) is 1. The van der Waals surface area contributed by atoms with Gasteiger partial charge in [-0.3, -0.25) is 4.79 Å². The molecule has 1 heterocycles. The summed E-state index contributed by atoms with van der Waals surface area (Å²) in [5, 5.41) is 12.8. The molecule has 0 aliphatic carbocycles. The van der Waals surface area contributed by atoms with E-state index in [-0.39, 0.29) is 18.6 Å². The third kappa shape index (κ3) is 3.53.